The first-order valence-corrected chi connectivity index (χ1v) is 8.95. The van der Waals surface area contributed by atoms with Gasteiger partial charge in [0.15, 0.2) is 0 Å². The monoisotopic (exact) mass is 395 g/mol. The quantitative estimate of drug-likeness (QED) is 0.697. The Morgan fingerprint density at radius 2 is 1.86 bits per heavy atom. The van der Waals surface area contributed by atoms with E-state index >= 15 is 0 Å². The zero-order valence-electron chi connectivity index (χ0n) is 16.1. The summed E-state index contributed by atoms with van der Waals surface area (Å²) in [5.41, 5.74) is 7.38. The van der Waals surface area contributed by atoms with Crippen LogP contribution in [-0.2, 0) is 28.7 Å². The number of methoxy groups -OCH3 is 1. The van der Waals surface area contributed by atoms with Crippen molar-refractivity contribution in [1.82, 2.24) is 0 Å². The van der Waals surface area contributed by atoms with Gasteiger partial charge in [0, 0.05) is 12.1 Å². The summed E-state index contributed by atoms with van der Waals surface area (Å²) in [6, 6.07) is 8.87. The largest absolute Gasteiger partial charge is 0.496 e. The Labute approximate surface area is 162 Å². The third-order valence-corrected chi connectivity index (χ3v) is 4.44. The van der Waals surface area contributed by atoms with Crippen LogP contribution in [0.2, 0.25) is 0 Å². The van der Waals surface area contributed by atoms with Crippen LogP contribution in [0.1, 0.15) is 30.5 Å². The maximum Gasteiger partial charge on any atom is 0.416 e. The number of halogens is 3. The molecule has 7 heteroatoms. The Morgan fingerprint density at radius 1 is 1.14 bits per heavy atom. The molecule has 2 aromatic rings. The number of nitrogens with two attached hydrogens (primary N) is 1. The van der Waals surface area contributed by atoms with Crippen LogP contribution in [0.3, 0.4) is 0 Å². The van der Waals surface area contributed by atoms with Gasteiger partial charge in [-0.1, -0.05) is 19.1 Å². The average molecular weight is 395 g/mol. The fourth-order valence-corrected chi connectivity index (χ4v) is 3.02. The Balaban J connectivity index is 2.45. The predicted octanol–water partition coefficient (Wildman–Crippen LogP) is 4.58. The fraction of sp³-hybridized carbons (Fsp3) is 0.381. The second-order valence-corrected chi connectivity index (χ2v) is 6.47. The van der Waals surface area contributed by atoms with Gasteiger partial charge >= 0.3 is 12.1 Å². The summed E-state index contributed by atoms with van der Waals surface area (Å²) in [7, 11) is 1.49. The van der Waals surface area contributed by atoms with Crippen molar-refractivity contribution in [2.45, 2.75) is 33.0 Å². The van der Waals surface area contributed by atoms with Gasteiger partial charge in [0.25, 0.3) is 0 Å². The highest BCUT2D eigenvalue weighted by atomic mass is 19.4. The molecule has 0 amide bonds. The van der Waals surface area contributed by atoms with E-state index in [1.165, 1.54) is 13.2 Å². The Kier molecular flexibility index (Phi) is 7.07. The minimum atomic E-state index is -4.44. The molecule has 2 N–H and O–H groups in total. The van der Waals surface area contributed by atoms with Gasteiger partial charge in [0.1, 0.15) is 5.75 Å². The summed E-state index contributed by atoms with van der Waals surface area (Å²) >= 11 is 0. The van der Waals surface area contributed by atoms with Crippen LogP contribution in [-0.4, -0.2) is 19.7 Å². The summed E-state index contributed by atoms with van der Waals surface area (Å²) in [4.78, 5) is 11.9. The van der Waals surface area contributed by atoms with Gasteiger partial charge in [-0.05, 0) is 54.3 Å². The number of rotatable bonds is 7. The lowest BCUT2D eigenvalue weighted by molar-refractivity contribution is -0.147. The third-order valence-electron chi connectivity index (χ3n) is 4.44. The van der Waals surface area contributed by atoms with E-state index in [1.54, 1.807) is 19.9 Å². The first kappa shape index (κ1) is 21.8. The number of hydrogen-bond donors (Lipinski definition) is 1. The molecule has 1 unspecified atom stereocenters. The first-order valence-electron chi connectivity index (χ1n) is 8.95. The van der Waals surface area contributed by atoms with Crippen LogP contribution in [0.15, 0.2) is 36.4 Å². The molecule has 0 radical (unpaired) electrons. The van der Waals surface area contributed by atoms with Crippen molar-refractivity contribution in [1.29, 1.82) is 0 Å². The lowest BCUT2D eigenvalue weighted by Gasteiger charge is -2.17. The van der Waals surface area contributed by atoms with Gasteiger partial charge in [-0.3, -0.25) is 4.79 Å². The van der Waals surface area contributed by atoms with Crippen LogP contribution in [0.4, 0.5) is 13.2 Å². The van der Waals surface area contributed by atoms with Crippen molar-refractivity contribution in [3.63, 3.8) is 0 Å². The topological polar surface area (TPSA) is 61.5 Å². The van der Waals surface area contributed by atoms with E-state index in [9.17, 15) is 18.0 Å². The molecule has 0 aromatic heterocycles. The number of carbonyl (C=O) groups is 1. The van der Waals surface area contributed by atoms with Crippen molar-refractivity contribution in [2.75, 3.05) is 13.7 Å². The number of alkyl halides is 3. The van der Waals surface area contributed by atoms with Crippen LogP contribution < -0.4 is 10.5 Å². The van der Waals surface area contributed by atoms with Crippen molar-refractivity contribution in [2.24, 2.45) is 11.7 Å². The highest BCUT2D eigenvalue weighted by Crippen LogP contribution is 2.37. The van der Waals surface area contributed by atoms with E-state index < -0.39 is 11.7 Å². The molecule has 0 aliphatic carbocycles. The summed E-state index contributed by atoms with van der Waals surface area (Å²) < 4.78 is 49.5. The molecule has 1 atom stereocenters. The Morgan fingerprint density at radius 3 is 2.43 bits per heavy atom. The van der Waals surface area contributed by atoms with Crippen LogP contribution in [0.25, 0.3) is 11.1 Å². The SMILES string of the molecule is CCOC(=O)C(C)Cc1ccc(OC)c(-c2ccc(C(F)(F)F)cc2CN)c1. The van der Waals surface area contributed by atoms with Crippen LogP contribution in [0, 0.1) is 5.92 Å². The predicted molar refractivity (Wildman–Crippen MR) is 101 cm³/mol. The molecule has 152 valence electrons. The normalized spacial score (nSPS) is 12.5. The van der Waals surface area contributed by atoms with Crippen molar-refractivity contribution < 1.29 is 27.4 Å². The molecule has 0 aliphatic rings. The molecule has 0 fully saturated rings. The van der Waals surface area contributed by atoms with Gasteiger partial charge in [-0.2, -0.15) is 13.2 Å². The summed E-state index contributed by atoms with van der Waals surface area (Å²) in [5.74, 6) is -0.123. The van der Waals surface area contributed by atoms with Crippen LogP contribution in [0.5, 0.6) is 5.75 Å². The van der Waals surface area contributed by atoms with Crippen molar-refractivity contribution in [3.05, 3.63) is 53.1 Å². The first-order chi connectivity index (χ1) is 13.2. The smallest absolute Gasteiger partial charge is 0.416 e. The summed E-state index contributed by atoms with van der Waals surface area (Å²) in [6.45, 7) is 3.77. The van der Waals surface area contributed by atoms with Gasteiger partial charge in [-0.15, -0.1) is 0 Å². The molecular formula is C21H24F3NO3. The van der Waals surface area contributed by atoms with E-state index in [0.717, 1.165) is 17.7 Å². The lowest BCUT2D eigenvalue weighted by Crippen LogP contribution is -2.17. The van der Waals surface area contributed by atoms with E-state index in [-0.39, 0.29) is 18.4 Å². The van der Waals surface area contributed by atoms with Crippen molar-refractivity contribution >= 4 is 5.97 Å². The molecule has 4 nitrogen and oxygen atoms in total. The molecular weight excluding hydrogens is 371 g/mol. The second-order valence-electron chi connectivity index (χ2n) is 6.47. The maximum atomic E-state index is 13.0. The standard InChI is InChI=1S/C21H24F3NO3/c1-4-28-20(26)13(2)9-14-5-8-19(27-3)18(10-14)17-7-6-16(21(22,23)24)11-15(17)12-25/h5-8,10-11,13H,4,9,12,25H2,1-3H3. The molecule has 0 saturated heterocycles. The number of hydrogen-bond acceptors (Lipinski definition) is 4. The molecule has 0 bridgehead atoms. The zero-order chi connectivity index (χ0) is 20.9. The van der Waals surface area contributed by atoms with Gasteiger partial charge in [0.05, 0.1) is 25.2 Å². The minimum absolute atomic E-state index is 0.0497. The van der Waals surface area contributed by atoms with E-state index in [1.807, 2.05) is 12.1 Å². The number of ether oxygens (including phenoxy) is 2. The Hall–Kier alpha value is -2.54. The molecule has 0 spiro atoms. The third kappa shape index (κ3) is 5.04. The molecule has 0 heterocycles. The van der Waals surface area contributed by atoms with Gasteiger partial charge < -0.3 is 15.2 Å². The van der Waals surface area contributed by atoms with Gasteiger partial charge in [0.2, 0.25) is 0 Å². The summed E-state index contributed by atoms with van der Waals surface area (Å²) in [5, 5.41) is 0. The highest BCUT2D eigenvalue weighted by molar-refractivity contribution is 5.75. The van der Waals surface area contributed by atoms with E-state index in [2.05, 4.69) is 0 Å². The fourth-order valence-electron chi connectivity index (χ4n) is 3.02. The van der Waals surface area contributed by atoms with Gasteiger partial charge in [-0.25, -0.2) is 0 Å². The van der Waals surface area contributed by atoms with E-state index in [0.29, 0.717) is 35.5 Å². The number of carbonyl (C=O) groups excluding carboxylic acids is 1. The minimum Gasteiger partial charge on any atom is -0.496 e. The molecule has 2 aromatic carbocycles. The van der Waals surface area contributed by atoms with E-state index in [4.69, 9.17) is 15.2 Å². The van der Waals surface area contributed by atoms with Crippen molar-refractivity contribution in [3.8, 4) is 16.9 Å². The average Bonchev–Trinajstić information content (AvgIpc) is 2.66. The Bertz CT molecular complexity index is 834. The second kappa shape index (κ2) is 9.10. The number of esters is 1. The molecule has 2 rings (SSSR count). The number of benzene rings is 2. The van der Waals surface area contributed by atoms with Crippen LogP contribution >= 0.6 is 0 Å². The lowest BCUT2D eigenvalue weighted by atomic mass is 9.93. The molecule has 0 saturated carbocycles. The molecule has 28 heavy (non-hydrogen) atoms. The molecule has 0 aliphatic heterocycles. The highest BCUT2D eigenvalue weighted by Gasteiger charge is 2.31. The maximum absolute atomic E-state index is 13.0. The summed E-state index contributed by atoms with van der Waals surface area (Å²) in [6.07, 6.45) is -4.00. The zero-order valence-corrected chi connectivity index (χ0v) is 16.1.